The second-order valence-corrected chi connectivity index (χ2v) is 9.79. The van der Waals surface area contributed by atoms with Gasteiger partial charge in [0.1, 0.15) is 0 Å². The van der Waals surface area contributed by atoms with Crippen molar-refractivity contribution in [2.75, 3.05) is 18.1 Å². The highest BCUT2D eigenvalue weighted by molar-refractivity contribution is 8.00. The summed E-state index contributed by atoms with van der Waals surface area (Å²) < 4.78 is 43.2. The van der Waals surface area contributed by atoms with Crippen LogP contribution in [0.5, 0.6) is 5.88 Å². The minimum atomic E-state index is -4.30. The zero-order chi connectivity index (χ0) is 24.3. The van der Waals surface area contributed by atoms with Gasteiger partial charge in [-0.25, -0.2) is 9.78 Å². The minimum absolute atomic E-state index is 0.113. The molecule has 0 atom stereocenters. The summed E-state index contributed by atoms with van der Waals surface area (Å²) in [7, 11) is 0. The number of thioether (sulfide) groups is 1. The Balaban J connectivity index is 1.42. The highest BCUT2D eigenvalue weighted by Gasteiger charge is 2.37. The number of ether oxygens (including phenoxy) is 1. The lowest BCUT2D eigenvalue weighted by Gasteiger charge is -2.29. The van der Waals surface area contributed by atoms with Crippen LogP contribution in [-0.2, 0) is 6.54 Å². The van der Waals surface area contributed by atoms with E-state index in [0.29, 0.717) is 18.8 Å². The number of anilines is 1. The third kappa shape index (κ3) is 6.09. The second-order valence-electron chi connectivity index (χ2n) is 8.65. The molecule has 0 saturated carbocycles. The molecular weight excluding hydrogens is 463 g/mol. The molecule has 4 rings (SSSR count). The standard InChI is InChI=1S/C25H24F3N3O2S/c1-24(2)16-30(20-8-10-21(11-9-20)34-25(26,27)28)17-31(24)15-18-12-13-29-22(14-18)33-23(32)19-6-4-3-5-7-19/h3-14H,15-17H2,1-2H3. The number of halogens is 3. The van der Waals surface area contributed by atoms with Crippen molar-refractivity contribution in [3.63, 3.8) is 0 Å². The van der Waals surface area contributed by atoms with E-state index in [2.05, 4.69) is 28.6 Å². The Labute approximate surface area is 200 Å². The minimum Gasteiger partial charge on any atom is -0.404 e. The quantitative estimate of drug-likeness (QED) is 0.315. The van der Waals surface area contributed by atoms with Crippen molar-refractivity contribution >= 4 is 23.4 Å². The first-order chi connectivity index (χ1) is 16.1. The third-order valence-corrected chi connectivity index (χ3v) is 6.33. The maximum Gasteiger partial charge on any atom is 0.446 e. The van der Waals surface area contributed by atoms with Gasteiger partial charge < -0.3 is 9.64 Å². The van der Waals surface area contributed by atoms with Crippen molar-refractivity contribution in [3.05, 3.63) is 84.1 Å². The average Bonchev–Trinajstić information content (AvgIpc) is 3.08. The van der Waals surface area contributed by atoms with Crippen LogP contribution in [0.1, 0.15) is 29.8 Å². The molecule has 1 aliphatic rings. The van der Waals surface area contributed by atoms with Gasteiger partial charge in [0.05, 0.1) is 12.2 Å². The van der Waals surface area contributed by atoms with Gasteiger partial charge in [-0.3, -0.25) is 4.90 Å². The first-order valence-electron chi connectivity index (χ1n) is 10.7. The largest absolute Gasteiger partial charge is 0.446 e. The Kier molecular flexibility index (Phi) is 6.86. The van der Waals surface area contributed by atoms with Crippen LogP contribution in [0.15, 0.2) is 77.8 Å². The number of carbonyl (C=O) groups is 1. The van der Waals surface area contributed by atoms with E-state index in [1.54, 1.807) is 48.7 Å². The second kappa shape index (κ2) is 9.68. The summed E-state index contributed by atoms with van der Waals surface area (Å²) in [5.74, 6) is -0.233. The summed E-state index contributed by atoms with van der Waals surface area (Å²) in [6, 6.07) is 18.8. The highest BCUT2D eigenvalue weighted by atomic mass is 32.2. The smallest absolute Gasteiger partial charge is 0.404 e. The van der Waals surface area contributed by atoms with Gasteiger partial charge in [0, 0.05) is 41.5 Å². The van der Waals surface area contributed by atoms with Crippen LogP contribution < -0.4 is 9.64 Å². The van der Waals surface area contributed by atoms with Gasteiger partial charge in [-0.05, 0) is 73.6 Å². The van der Waals surface area contributed by atoms with Gasteiger partial charge in [-0.15, -0.1) is 0 Å². The fourth-order valence-corrected chi connectivity index (χ4v) is 4.40. The summed E-state index contributed by atoms with van der Waals surface area (Å²) in [6.07, 6.45) is 1.61. The topological polar surface area (TPSA) is 45.7 Å². The Morgan fingerprint density at radius 1 is 1.09 bits per heavy atom. The molecule has 9 heteroatoms. The summed E-state index contributed by atoms with van der Waals surface area (Å²) in [6.45, 7) is 6.18. The number of alkyl halides is 3. The van der Waals surface area contributed by atoms with Gasteiger partial charge in [0.25, 0.3) is 0 Å². The molecule has 2 heterocycles. The Hall–Kier alpha value is -3.04. The van der Waals surface area contributed by atoms with Gasteiger partial charge in [0.2, 0.25) is 5.88 Å². The van der Waals surface area contributed by atoms with Crippen molar-refractivity contribution in [1.82, 2.24) is 9.88 Å². The summed E-state index contributed by atoms with van der Waals surface area (Å²) in [5.41, 5.74) is -2.21. The van der Waals surface area contributed by atoms with Crippen molar-refractivity contribution in [2.45, 2.75) is 36.3 Å². The molecule has 0 aliphatic carbocycles. The first kappa shape index (κ1) is 24.1. The Morgan fingerprint density at radius 2 is 1.79 bits per heavy atom. The number of benzene rings is 2. The molecule has 178 valence electrons. The van der Waals surface area contributed by atoms with Crippen LogP contribution in [0.2, 0.25) is 0 Å². The van der Waals surface area contributed by atoms with Crippen LogP contribution in [0.3, 0.4) is 0 Å². The number of pyridine rings is 1. The van der Waals surface area contributed by atoms with Crippen molar-refractivity contribution < 1.29 is 22.7 Å². The normalized spacial score (nSPS) is 16.0. The zero-order valence-electron chi connectivity index (χ0n) is 18.7. The summed E-state index contributed by atoms with van der Waals surface area (Å²) >= 11 is -0.113. The average molecular weight is 488 g/mol. The predicted molar refractivity (Wildman–Crippen MR) is 126 cm³/mol. The van der Waals surface area contributed by atoms with Crippen LogP contribution in [0.25, 0.3) is 0 Å². The van der Waals surface area contributed by atoms with Gasteiger partial charge in [0.15, 0.2) is 0 Å². The van der Waals surface area contributed by atoms with Gasteiger partial charge >= 0.3 is 11.5 Å². The number of nitrogens with zero attached hydrogens (tertiary/aromatic N) is 3. The lowest BCUT2D eigenvalue weighted by molar-refractivity contribution is -0.0328. The molecule has 0 spiro atoms. The monoisotopic (exact) mass is 487 g/mol. The number of hydrogen-bond acceptors (Lipinski definition) is 6. The van der Waals surface area contributed by atoms with E-state index >= 15 is 0 Å². The molecule has 1 fully saturated rings. The maximum atomic E-state index is 12.6. The van der Waals surface area contributed by atoms with E-state index < -0.39 is 11.5 Å². The third-order valence-electron chi connectivity index (χ3n) is 5.59. The van der Waals surface area contributed by atoms with Crippen molar-refractivity contribution in [2.24, 2.45) is 0 Å². The fraction of sp³-hybridized carbons (Fsp3) is 0.280. The molecule has 0 N–H and O–H groups in total. The van der Waals surface area contributed by atoms with E-state index in [1.165, 1.54) is 12.1 Å². The molecule has 0 bridgehead atoms. The lowest BCUT2D eigenvalue weighted by atomic mass is 10.0. The fourth-order valence-electron chi connectivity index (χ4n) is 3.86. The van der Waals surface area contributed by atoms with Gasteiger partial charge in [-0.2, -0.15) is 13.2 Å². The van der Waals surface area contributed by atoms with E-state index in [-0.39, 0.29) is 28.1 Å². The molecule has 2 aromatic carbocycles. The number of carbonyl (C=O) groups excluding carboxylic acids is 1. The number of rotatable bonds is 6. The summed E-state index contributed by atoms with van der Waals surface area (Å²) in [4.78, 5) is 21.1. The Morgan fingerprint density at radius 3 is 2.47 bits per heavy atom. The van der Waals surface area contributed by atoms with Crippen LogP contribution in [-0.4, -0.2) is 40.1 Å². The Bertz CT molecular complexity index is 1140. The molecular formula is C25H24F3N3O2S. The lowest BCUT2D eigenvalue weighted by Crippen LogP contribution is -2.39. The number of aromatic nitrogens is 1. The SMILES string of the molecule is CC1(C)CN(c2ccc(SC(F)(F)F)cc2)CN1Cc1ccnc(OC(=O)c2ccccc2)c1. The van der Waals surface area contributed by atoms with Gasteiger partial charge in [-0.1, -0.05) is 18.2 Å². The van der Waals surface area contributed by atoms with Crippen molar-refractivity contribution in [3.8, 4) is 5.88 Å². The molecule has 5 nitrogen and oxygen atoms in total. The first-order valence-corrected chi connectivity index (χ1v) is 11.5. The highest BCUT2D eigenvalue weighted by Crippen LogP contribution is 2.38. The van der Waals surface area contributed by atoms with E-state index in [1.807, 2.05) is 12.1 Å². The van der Waals surface area contributed by atoms with E-state index in [0.717, 1.165) is 17.8 Å². The number of hydrogen-bond donors (Lipinski definition) is 0. The molecule has 1 saturated heterocycles. The molecule has 0 radical (unpaired) electrons. The predicted octanol–water partition coefficient (Wildman–Crippen LogP) is 5.97. The molecule has 1 aromatic heterocycles. The molecule has 0 amide bonds. The maximum absolute atomic E-state index is 12.6. The van der Waals surface area contributed by atoms with Crippen LogP contribution in [0.4, 0.5) is 18.9 Å². The number of esters is 1. The molecule has 34 heavy (non-hydrogen) atoms. The summed E-state index contributed by atoms with van der Waals surface area (Å²) in [5, 5.41) is 0. The van der Waals surface area contributed by atoms with Crippen LogP contribution in [0, 0.1) is 0 Å². The van der Waals surface area contributed by atoms with Crippen molar-refractivity contribution in [1.29, 1.82) is 0 Å². The molecule has 0 unspecified atom stereocenters. The van der Waals surface area contributed by atoms with E-state index in [4.69, 9.17) is 4.74 Å². The van der Waals surface area contributed by atoms with E-state index in [9.17, 15) is 18.0 Å². The molecule has 3 aromatic rings. The molecule has 1 aliphatic heterocycles. The van der Waals surface area contributed by atoms with Crippen LogP contribution >= 0.6 is 11.8 Å². The zero-order valence-corrected chi connectivity index (χ0v) is 19.6.